The topological polar surface area (TPSA) is 64.1 Å². The summed E-state index contributed by atoms with van der Waals surface area (Å²) >= 11 is 1.61. The Kier molecular flexibility index (Phi) is 6.11. The summed E-state index contributed by atoms with van der Waals surface area (Å²) in [6, 6.07) is 13.2. The van der Waals surface area contributed by atoms with Crippen LogP contribution in [0.4, 0.5) is 0 Å². The number of hydrogen-bond acceptors (Lipinski definition) is 5. The maximum absolute atomic E-state index is 11.9. The van der Waals surface area contributed by atoms with Crippen LogP contribution >= 0.6 is 11.3 Å². The third-order valence-electron chi connectivity index (χ3n) is 3.53. The van der Waals surface area contributed by atoms with Crippen molar-refractivity contribution in [3.05, 3.63) is 82.1 Å². The number of hydrogen-bond donors (Lipinski definition) is 1. The summed E-state index contributed by atoms with van der Waals surface area (Å²) < 4.78 is 5.71. The molecule has 0 radical (unpaired) electrons. The van der Waals surface area contributed by atoms with E-state index in [2.05, 4.69) is 15.3 Å². The third-order valence-corrected chi connectivity index (χ3v) is 4.35. The van der Waals surface area contributed by atoms with Crippen LogP contribution in [0.3, 0.4) is 0 Å². The maximum atomic E-state index is 11.9. The molecule has 132 valence electrons. The van der Waals surface area contributed by atoms with Crippen LogP contribution in [0, 0.1) is 6.92 Å². The molecular formula is C20H19N3O2S. The van der Waals surface area contributed by atoms with Gasteiger partial charge in [-0.2, -0.15) is 0 Å². The first-order valence-electron chi connectivity index (χ1n) is 8.19. The fourth-order valence-electron chi connectivity index (χ4n) is 2.22. The summed E-state index contributed by atoms with van der Waals surface area (Å²) in [6.45, 7) is 2.84. The van der Waals surface area contributed by atoms with Gasteiger partial charge in [-0.05, 0) is 42.8 Å². The number of nitrogens with zero attached hydrogens (tertiary/aromatic N) is 2. The maximum Gasteiger partial charge on any atom is 0.244 e. The van der Waals surface area contributed by atoms with Crippen molar-refractivity contribution >= 4 is 23.3 Å². The average Bonchev–Trinajstić information content (AvgIpc) is 3.10. The summed E-state index contributed by atoms with van der Waals surface area (Å²) in [6.07, 6.45) is 4.98. The molecule has 26 heavy (non-hydrogen) atoms. The number of carbonyl (C=O) groups excluding carboxylic acids is 1. The van der Waals surface area contributed by atoms with Gasteiger partial charge in [0.25, 0.3) is 0 Å². The number of amides is 1. The monoisotopic (exact) mass is 365 g/mol. The number of ether oxygens (including phenoxy) is 1. The first kappa shape index (κ1) is 17.8. The molecule has 6 heteroatoms. The standard InChI is InChI=1S/C20H19N3O2S/c1-15-23-18(14-26-15)13-25-19-8-5-16(6-9-19)7-10-20(24)22-12-17-4-2-3-11-21-17/h2-11,14H,12-13H2,1H3,(H,22,24). The van der Waals surface area contributed by atoms with Crippen molar-refractivity contribution in [2.75, 3.05) is 0 Å². The SMILES string of the molecule is Cc1nc(COc2ccc(C=CC(=O)NCc3ccccn3)cc2)cs1. The first-order valence-corrected chi connectivity index (χ1v) is 9.07. The molecule has 3 aromatic rings. The Labute approximate surface area is 156 Å². The third kappa shape index (κ3) is 5.53. The Morgan fingerprint density at radius 3 is 2.73 bits per heavy atom. The molecule has 2 heterocycles. The minimum absolute atomic E-state index is 0.158. The van der Waals surface area contributed by atoms with Crippen molar-refractivity contribution in [3.63, 3.8) is 0 Å². The molecule has 1 aromatic carbocycles. The second kappa shape index (κ2) is 8.92. The van der Waals surface area contributed by atoms with Gasteiger partial charge in [0.2, 0.25) is 5.91 Å². The first-order chi connectivity index (χ1) is 12.7. The Morgan fingerprint density at radius 1 is 1.19 bits per heavy atom. The van der Waals surface area contributed by atoms with E-state index in [1.165, 1.54) is 6.08 Å². The van der Waals surface area contributed by atoms with E-state index in [-0.39, 0.29) is 5.91 Å². The van der Waals surface area contributed by atoms with Gasteiger partial charge in [-0.15, -0.1) is 11.3 Å². The smallest absolute Gasteiger partial charge is 0.244 e. The van der Waals surface area contributed by atoms with Gasteiger partial charge in [0.15, 0.2) is 0 Å². The van der Waals surface area contributed by atoms with Crippen LogP contribution in [-0.2, 0) is 17.9 Å². The minimum Gasteiger partial charge on any atom is -0.487 e. The highest BCUT2D eigenvalue weighted by molar-refractivity contribution is 7.09. The highest BCUT2D eigenvalue weighted by atomic mass is 32.1. The molecule has 1 N–H and O–H groups in total. The molecule has 0 saturated carbocycles. The largest absolute Gasteiger partial charge is 0.487 e. The zero-order chi connectivity index (χ0) is 18.2. The van der Waals surface area contributed by atoms with E-state index in [0.29, 0.717) is 13.2 Å². The fraction of sp³-hybridized carbons (Fsp3) is 0.150. The second-order valence-electron chi connectivity index (χ2n) is 5.59. The quantitative estimate of drug-likeness (QED) is 0.648. The van der Waals surface area contributed by atoms with Crippen molar-refractivity contribution in [3.8, 4) is 5.75 Å². The zero-order valence-electron chi connectivity index (χ0n) is 14.4. The molecule has 0 aliphatic carbocycles. The molecule has 5 nitrogen and oxygen atoms in total. The van der Waals surface area contributed by atoms with E-state index in [9.17, 15) is 4.79 Å². The molecule has 0 saturated heterocycles. The molecule has 0 aliphatic rings. The van der Waals surface area contributed by atoms with Crippen LogP contribution in [0.1, 0.15) is 22.0 Å². The highest BCUT2D eigenvalue weighted by Crippen LogP contribution is 2.16. The molecule has 2 aromatic heterocycles. The molecule has 0 spiro atoms. The lowest BCUT2D eigenvalue weighted by Gasteiger charge is -2.04. The number of rotatable bonds is 7. The van der Waals surface area contributed by atoms with Crippen LogP contribution in [0.25, 0.3) is 6.08 Å². The van der Waals surface area contributed by atoms with Crippen molar-refractivity contribution in [1.29, 1.82) is 0 Å². The summed E-state index contributed by atoms with van der Waals surface area (Å²) in [4.78, 5) is 20.4. The lowest BCUT2D eigenvalue weighted by atomic mass is 10.2. The molecular weight excluding hydrogens is 346 g/mol. The van der Waals surface area contributed by atoms with Gasteiger partial charge >= 0.3 is 0 Å². The van der Waals surface area contributed by atoms with E-state index in [4.69, 9.17) is 4.74 Å². The summed E-state index contributed by atoms with van der Waals surface area (Å²) in [5.74, 6) is 0.613. The number of aryl methyl sites for hydroxylation is 1. The second-order valence-corrected chi connectivity index (χ2v) is 6.65. The Bertz CT molecular complexity index is 874. The van der Waals surface area contributed by atoms with Crippen LogP contribution in [-0.4, -0.2) is 15.9 Å². The van der Waals surface area contributed by atoms with E-state index >= 15 is 0 Å². The fourth-order valence-corrected chi connectivity index (χ4v) is 2.82. The Morgan fingerprint density at radius 2 is 2.04 bits per heavy atom. The van der Waals surface area contributed by atoms with Crippen molar-refractivity contribution in [1.82, 2.24) is 15.3 Å². The number of pyridine rings is 1. The summed E-state index contributed by atoms with van der Waals surface area (Å²) in [5, 5.41) is 5.83. The number of carbonyl (C=O) groups is 1. The lowest BCUT2D eigenvalue weighted by molar-refractivity contribution is -0.116. The molecule has 1 amide bonds. The van der Waals surface area contributed by atoms with Crippen LogP contribution in [0.2, 0.25) is 0 Å². The van der Waals surface area contributed by atoms with Crippen molar-refractivity contribution in [2.24, 2.45) is 0 Å². The summed E-state index contributed by atoms with van der Waals surface area (Å²) in [7, 11) is 0. The molecule has 0 fully saturated rings. The van der Waals surface area contributed by atoms with Crippen LogP contribution in [0.5, 0.6) is 5.75 Å². The Hall–Kier alpha value is -2.99. The Balaban J connectivity index is 1.47. The number of aromatic nitrogens is 2. The van der Waals surface area contributed by atoms with Crippen molar-refractivity contribution in [2.45, 2.75) is 20.1 Å². The van der Waals surface area contributed by atoms with Crippen LogP contribution < -0.4 is 10.1 Å². The molecule has 3 rings (SSSR count). The van der Waals surface area contributed by atoms with Gasteiger partial charge < -0.3 is 10.1 Å². The van der Waals surface area contributed by atoms with Crippen molar-refractivity contribution < 1.29 is 9.53 Å². The van der Waals surface area contributed by atoms with E-state index in [1.807, 2.05) is 54.8 Å². The van der Waals surface area contributed by atoms with E-state index in [1.54, 1.807) is 23.6 Å². The van der Waals surface area contributed by atoms with E-state index < -0.39 is 0 Å². The molecule has 0 unspecified atom stereocenters. The molecule has 0 aliphatic heterocycles. The number of thiazole rings is 1. The summed E-state index contributed by atoms with van der Waals surface area (Å²) in [5.41, 5.74) is 2.68. The van der Waals surface area contributed by atoms with Gasteiger partial charge in [0.1, 0.15) is 12.4 Å². The zero-order valence-corrected chi connectivity index (χ0v) is 15.2. The van der Waals surface area contributed by atoms with Gasteiger partial charge in [-0.1, -0.05) is 18.2 Å². The predicted molar refractivity (Wildman–Crippen MR) is 103 cm³/mol. The average molecular weight is 365 g/mol. The highest BCUT2D eigenvalue weighted by Gasteiger charge is 2.01. The van der Waals surface area contributed by atoms with Gasteiger partial charge in [-0.3, -0.25) is 9.78 Å². The number of nitrogens with one attached hydrogen (secondary N) is 1. The molecule has 0 atom stereocenters. The van der Waals surface area contributed by atoms with Gasteiger partial charge in [0, 0.05) is 17.7 Å². The number of benzene rings is 1. The molecule has 0 bridgehead atoms. The predicted octanol–water partition coefficient (Wildman–Crippen LogP) is 3.76. The lowest BCUT2D eigenvalue weighted by Crippen LogP contribution is -2.20. The van der Waals surface area contributed by atoms with Crippen LogP contribution in [0.15, 0.2) is 60.1 Å². The van der Waals surface area contributed by atoms with E-state index in [0.717, 1.165) is 27.7 Å². The van der Waals surface area contributed by atoms with Gasteiger partial charge in [-0.25, -0.2) is 4.98 Å². The minimum atomic E-state index is -0.158. The normalized spacial score (nSPS) is 10.8. The van der Waals surface area contributed by atoms with Gasteiger partial charge in [0.05, 0.1) is 22.9 Å².